The summed E-state index contributed by atoms with van der Waals surface area (Å²) in [4.78, 5) is 13.0. The zero-order valence-electron chi connectivity index (χ0n) is 11.9. The van der Waals surface area contributed by atoms with Crippen molar-refractivity contribution in [1.29, 1.82) is 0 Å². The van der Waals surface area contributed by atoms with Crippen LogP contribution in [0.15, 0.2) is 42.5 Å². The Balaban J connectivity index is 1.94. The standard InChI is InChI=1S/C17H16N2OS/c1-10-3-6-12(7-4-10)19-17(20)16-15(18)13-8-5-11(2)9-14(13)21-16/h3-9H,18H2,1-2H3,(H,19,20). The lowest BCUT2D eigenvalue weighted by molar-refractivity contribution is 0.103. The summed E-state index contributed by atoms with van der Waals surface area (Å²) in [6, 6.07) is 13.7. The van der Waals surface area contributed by atoms with Gasteiger partial charge in [0.25, 0.3) is 5.91 Å². The predicted octanol–water partition coefficient (Wildman–Crippen LogP) is 4.35. The fourth-order valence-corrected chi connectivity index (χ4v) is 3.33. The van der Waals surface area contributed by atoms with Crippen LogP contribution in [0.25, 0.3) is 10.1 Å². The monoisotopic (exact) mass is 296 g/mol. The molecule has 0 radical (unpaired) electrons. The Hall–Kier alpha value is -2.33. The van der Waals surface area contributed by atoms with Gasteiger partial charge in [-0.1, -0.05) is 29.8 Å². The quantitative estimate of drug-likeness (QED) is 0.738. The van der Waals surface area contributed by atoms with Gasteiger partial charge in [0, 0.05) is 15.8 Å². The molecular formula is C17H16N2OS. The molecule has 3 nitrogen and oxygen atoms in total. The van der Waals surface area contributed by atoms with Crippen molar-refractivity contribution >= 4 is 38.7 Å². The van der Waals surface area contributed by atoms with Gasteiger partial charge in [0.15, 0.2) is 0 Å². The molecule has 0 aliphatic heterocycles. The summed E-state index contributed by atoms with van der Waals surface area (Å²) >= 11 is 1.43. The maximum absolute atomic E-state index is 12.4. The molecule has 1 amide bonds. The summed E-state index contributed by atoms with van der Waals surface area (Å²) in [5, 5.41) is 3.84. The number of hydrogen-bond donors (Lipinski definition) is 2. The Bertz CT molecular complexity index is 819. The molecule has 0 saturated heterocycles. The van der Waals surface area contributed by atoms with E-state index < -0.39 is 0 Å². The fourth-order valence-electron chi connectivity index (χ4n) is 2.22. The number of benzene rings is 2. The third-order valence-electron chi connectivity index (χ3n) is 3.40. The Labute approximate surface area is 127 Å². The van der Waals surface area contributed by atoms with Gasteiger partial charge in [-0.05, 0) is 37.6 Å². The maximum atomic E-state index is 12.4. The van der Waals surface area contributed by atoms with Gasteiger partial charge in [0.05, 0.1) is 5.69 Å². The third kappa shape index (κ3) is 2.62. The van der Waals surface area contributed by atoms with E-state index in [1.807, 2.05) is 50.2 Å². The van der Waals surface area contributed by atoms with E-state index in [9.17, 15) is 4.79 Å². The van der Waals surface area contributed by atoms with Crippen LogP contribution in [0, 0.1) is 13.8 Å². The highest BCUT2D eigenvalue weighted by molar-refractivity contribution is 7.21. The van der Waals surface area contributed by atoms with Crippen LogP contribution in [-0.4, -0.2) is 5.91 Å². The Morgan fingerprint density at radius 2 is 1.71 bits per heavy atom. The molecule has 1 heterocycles. The number of nitrogen functional groups attached to an aromatic ring is 1. The van der Waals surface area contributed by atoms with Crippen LogP contribution < -0.4 is 11.1 Å². The van der Waals surface area contributed by atoms with Crippen molar-refractivity contribution in [1.82, 2.24) is 0 Å². The molecule has 0 fully saturated rings. The lowest BCUT2D eigenvalue weighted by Crippen LogP contribution is -2.11. The number of hydrogen-bond acceptors (Lipinski definition) is 3. The summed E-state index contributed by atoms with van der Waals surface area (Å²) in [5.74, 6) is -0.157. The summed E-state index contributed by atoms with van der Waals surface area (Å²) < 4.78 is 1.04. The number of carbonyl (C=O) groups excluding carboxylic acids is 1. The highest BCUT2D eigenvalue weighted by atomic mass is 32.1. The number of thiophene rings is 1. The van der Waals surface area contributed by atoms with Crippen molar-refractivity contribution in [2.75, 3.05) is 11.1 Å². The topological polar surface area (TPSA) is 55.1 Å². The molecule has 0 saturated carbocycles. The van der Waals surface area contributed by atoms with Crippen molar-refractivity contribution in [2.45, 2.75) is 13.8 Å². The van der Waals surface area contributed by atoms with Gasteiger partial charge in [0.2, 0.25) is 0 Å². The number of anilines is 2. The van der Waals surface area contributed by atoms with Crippen LogP contribution in [0.4, 0.5) is 11.4 Å². The molecular weight excluding hydrogens is 280 g/mol. The van der Waals surface area contributed by atoms with E-state index in [-0.39, 0.29) is 5.91 Å². The molecule has 0 bridgehead atoms. The number of nitrogens with two attached hydrogens (primary N) is 1. The van der Waals surface area contributed by atoms with E-state index in [1.54, 1.807) is 0 Å². The summed E-state index contributed by atoms with van der Waals surface area (Å²) in [7, 11) is 0. The summed E-state index contributed by atoms with van der Waals surface area (Å²) in [6.45, 7) is 4.04. The van der Waals surface area contributed by atoms with Crippen LogP contribution in [0.3, 0.4) is 0 Å². The summed E-state index contributed by atoms with van der Waals surface area (Å²) in [5.41, 5.74) is 9.77. The van der Waals surface area contributed by atoms with Crippen molar-refractivity contribution < 1.29 is 4.79 Å². The number of amides is 1. The molecule has 0 aliphatic carbocycles. The smallest absolute Gasteiger partial charge is 0.267 e. The molecule has 0 aliphatic rings. The molecule has 21 heavy (non-hydrogen) atoms. The van der Waals surface area contributed by atoms with Gasteiger partial charge >= 0.3 is 0 Å². The number of aryl methyl sites for hydroxylation is 2. The van der Waals surface area contributed by atoms with Crippen molar-refractivity contribution in [3.8, 4) is 0 Å². The van der Waals surface area contributed by atoms with Crippen LogP contribution in [0.2, 0.25) is 0 Å². The van der Waals surface area contributed by atoms with Gasteiger partial charge in [-0.3, -0.25) is 4.79 Å². The number of fused-ring (bicyclic) bond motifs is 1. The lowest BCUT2D eigenvalue weighted by atomic mass is 10.1. The second kappa shape index (κ2) is 5.22. The normalized spacial score (nSPS) is 10.8. The van der Waals surface area contributed by atoms with Crippen LogP contribution in [-0.2, 0) is 0 Å². The second-order valence-corrected chi connectivity index (χ2v) is 6.22. The van der Waals surface area contributed by atoms with Gasteiger partial charge in [-0.25, -0.2) is 0 Å². The minimum atomic E-state index is -0.157. The highest BCUT2D eigenvalue weighted by Gasteiger charge is 2.16. The minimum Gasteiger partial charge on any atom is -0.397 e. The highest BCUT2D eigenvalue weighted by Crippen LogP contribution is 2.34. The first kappa shape index (κ1) is 13.6. The first-order chi connectivity index (χ1) is 10.0. The van der Waals surface area contributed by atoms with Crippen LogP contribution >= 0.6 is 11.3 Å². The number of nitrogens with one attached hydrogen (secondary N) is 1. The first-order valence-corrected chi connectivity index (χ1v) is 7.53. The lowest BCUT2D eigenvalue weighted by Gasteiger charge is -2.04. The van der Waals surface area contributed by atoms with E-state index in [0.29, 0.717) is 10.6 Å². The van der Waals surface area contributed by atoms with Crippen LogP contribution in [0.5, 0.6) is 0 Å². The molecule has 4 heteroatoms. The van der Waals surface area contributed by atoms with Gasteiger partial charge in [-0.15, -0.1) is 11.3 Å². The zero-order valence-corrected chi connectivity index (χ0v) is 12.8. The van der Waals surface area contributed by atoms with E-state index in [0.717, 1.165) is 26.9 Å². The average molecular weight is 296 g/mol. The van der Waals surface area contributed by atoms with Crippen molar-refractivity contribution in [3.63, 3.8) is 0 Å². The van der Waals surface area contributed by atoms with E-state index in [2.05, 4.69) is 11.4 Å². The molecule has 106 valence electrons. The summed E-state index contributed by atoms with van der Waals surface area (Å²) in [6.07, 6.45) is 0. The Morgan fingerprint density at radius 3 is 2.43 bits per heavy atom. The largest absolute Gasteiger partial charge is 0.397 e. The van der Waals surface area contributed by atoms with E-state index >= 15 is 0 Å². The number of carbonyl (C=O) groups is 1. The SMILES string of the molecule is Cc1ccc(NC(=O)c2sc3cc(C)ccc3c2N)cc1. The molecule has 3 rings (SSSR count). The third-order valence-corrected chi connectivity index (χ3v) is 4.57. The molecule has 0 spiro atoms. The van der Waals surface area contributed by atoms with Crippen molar-refractivity contribution in [3.05, 3.63) is 58.5 Å². The molecule has 1 aromatic heterocycles. The predicted molar refractivity (Wildman–Crippen MR) is 90.1 cm³/mol. The van der Waals surface area contributed by atoms with Gasteiger partial charge in [0.1, 0.15) is 4.88 Å². The molecule has 3 aromatic rings. The van der Waals surface area contributed by atoms with Gasteiger partial charge in [-0.2, -0.15) is 0 Å². The minimum absolute atomic E-state index is 0.157. The average Bonchev–Trinajstić information content (AvgIpc) is 2.78. The Kier molecular flexibility index (Phi) is 3.39. The van der Waals surface area contributed by atoms with Crippen molar-refractivity contribution in [2.24, 2.45) is 0 Å². The van der Waals surface area contributed by atoms with Crippen LogP contribution in [0.1, 0.15) is 20.8 Å². The number of rotatable bonds is 2. The van der Waals surface area contributed by atoms with Gasteiger partial charge < -0.3 is 11.1 Å². The second-order valence-electron chi connectivity index (χ2n) is 5.16. The zero-order chi connectivity index (χ0) is 15.0. The first-order valence-electron chi connectivity index (χ1n) is 6.71. The molecule has 3 N–H and O–H groups in total. The molecule has 2 aromatic carbocycles. The molecule has 0 unspecified atom stereocenters. The molecule has 0 atom stereocenters. The van der Waals surface area contributed by atoms with E-state index in [1.165, 1.54) is 11.3 Å². The Morgan fingerprint density at radius 1 is 1.05 bits per heavy atom. The maximum Gasteiger partial charge on any atom is 0.267 e. The van der Waals surface area contributed by atoms with E-state index in [4.69, 9.17) is 5.73 Å². The fraction of sp³-hybridized carbons (Fsp3) is 0.118.